The molecule has 29 heavy (non-hydrogen) atoms. The number of aromatic nitrogens is 3. The van der Waals surface area contributed by atoms with Gasteiger partial charge in [-0.1, -0.05) is 42.5 Å². The SMILES string of the molecule is c1ccc2c(c1)oc1ccc(-n3c4ccccc4c4nc5ccccn5c43)cc12. The second-order valence-corrected chi connectivity index (χ2v) is 7.34. The van der Waals surface area contributed by atoms with Crippen LogP contribution in [-0.2, 0) is 0 Å². The molecule has 0 spiro atoms. The van der Waals surface area contributed by atoms with Crippen molar-refractivity contribution < 1.29 is 4.42 Å². The van der Waals surface area contributed by atoms with Gasteiger partial charge < -0.3 is 4.42 Å². The molecular weight excluding hydrogens is 358 g/mol. The minimum atomic E-state index is 0.904. The molecule has 0 aliphatic carbocycles. The lowest BCUT2D eigenvalue weighted by molar-refractivity contribution is 0.669. The highest BCUT2D eigenvalue weighted by atomic mass is 16.3. The van der Waals surface area contributed by atoms with Crippen molar-refractivity contribution in [3.63, 3.8) is 0 Å². The number of fused-ring (bicyclic) bond motifs is 8. The quantitative estimate of drug-likeness (QED) is 0.337. The molecule has 0 amide bonds. The number of imidazole rings is 1. The van der Waals surface area contributed by atoms with Crippen LogP contribution in [0.15, 0.2) is 95.5 Å². The Bertz CT molecular complexity index is 1710. The topological polar surface area (TPSA) is 35.4 Å². The predicted molar refractivity (Wildman–Crippen MR) is 117 cm³/mol. The lowest BCUT2D eigenvalue weighted by Gasteiger charge is -2.08. The molecule has 0 atom stereocenters. The Kier molecular flexibility index (Phi) is 2.71. The summed E-state index contributed by atoms with van der Waals surface area (Å²) in [4.78, 5) is 4.92. The summed E-state index contributed by atoms with van der Waals surface area (Å²) in [5, 5.41) is 3.41. The summed E-state index contributed by atoms with van der Waals surface area (Å²) in [6, 6.07) is 29.2. The van der Waals surface area contributed by atoms with Crippen LogP contribution in [0, 0.1) is 0 Å². The molecule has 0 unspecified atom stereocenters. The van der Waals surface area contributed by atoms with Gasteiger partial charge in [-0.2, -0.15) is 0 Å². The van der Waals surface area contributed by atoms with Gasteiger partial charge in [-0.25, -0.2) is 4.98 Å². The van der Waals surface area contributed by atoms with Crippen molar-refractivity contribution in [2.75, 3.05) is 0 Å². The Labute approximate surface area is 165 Å². The Hall–Kier alpha value is -4.05. The fraction of sp³-hybridized carbons (Fsp3) is 0. The van der Waals surface area contributed by atoms with Crippen molar-refractivity contribution >= 4 is 49.7 Å². The number of rotatable bonds is 1. The third-order valence-electron chi connectivity index (χ3n) is 5.74. The third kappa shape index (κ3) is 1.90. The first-order valence-electron chi connectivity index (χ1n) is 9.66. The molecule has 136 valence electrons. The average Bonchev–Trinajstić information content (AvgIpc) is 3.42. The highest BCUT2D eigenvalue weighted by Gasteiger charge is 2.18. The van der Waals surface area contributed by atoms with E-state index in [9.17, 15) is 0 Å². The zero-order valence-corrected chi connectivity index (χ0v) is 15.4. The zero-order chi connectivity index (χ0) is 18.9. The number of para-hydroxylation sites is 2. The van der Waals surface area contributed by atoms with Gasteiger partial charge in [-0.05, 0) is 42.5 Å². The Morgan fingerprint density at radius 2 is 1.48 bits per heavy atom. The largest absolute Gasteiger partial charge is 0.456 e. The molecule has 0 N–H and O–H groups in total. The summed E-state index contributed by atoms with van der Waals surface area (Å²) in [5.74, 6) is 0. The van der Waals surface area contributed by atoms with Crippen LogP contribution in [0.4, 0.5) is 0 Å². The van der Waals surface area contributed by atoms with E-state index in [1.165, 1.54) is 0 Å². The number of benzene rings is 3. The minimum absolute atomic E-state index is 0.904. The molecule has 0 radical (unpaired) electrons. The summed E-state index contributed by atoms with van der Waals surface area (Å²) in [7, 11) is 0. The van der Waals surface area contributed by atoms with Gasteiger partial charge in [-0.3, -0.25) is 8.97 Å². The normalized spacial score (nSPS) is 12.1. The molecule has 0 saturated heterocycles. The van der Waals surface area contributed by atoms with Crippen molar-refractivity contribution in [3.8, 4) is 5.69 Å². The number of hydrogen-bond acceptors (Lipinski definition) is 2. The van der Waals surface area contributed by atoms with Gasteiger partial charge in [0.1, 0.15) is 22.3 Å². The molecule has 3 aromatic carbocycles. The molecule has 0 saturated carbocycles. The van der Waals surface area contributed by atoms with Gasteiger partial charge in [0.05, 0.1) is 5.52 Å². The number of pyridine rings is 1. The Balaban J connectivity index is 1.67. The summed E-state index contributed by atoms with van der Waals surface area (Å²) >= 11 is 0. The van der Waals surface area contributed by atoms with E-state index in [0.717, 1.165) is 55.3 Å². The smallest absolute Gasteiger partial charge is 0.150 e. The van der Waals surface area contributed by atoms with E-state index in [0.29, 0.717) is 0 Å². The van der Waals surface area contributed by atoms with Crippen LogP contribution in [0.1, 0.15) is 0 Å². The third-order valence-corrected chi connectivity index (χ3v) is 5.74. The second kappa shape index (κ2) is 5.26. The lowest BCUT2D eigenvalue weighted by Crippen LogP contribution is -1.97. The molecule has 7 rings (SSSR count). The van der Waals surface area contributed by atoms with Crippen molar-refractivity contribution in [1.82, 2.24) is 14.0 Å². The first-order valence-corrected chi connectivity index (χ1v) is 9.66. The fourth-order valence-corrected chi connectivity index (χ4v) is 4.47. The van der Waals surface area contributed by atoms with E-state index in [1.54, 1.807) is 0 Å². The van der Waals surface area contributed by atoms with Crippen molar-refractivity contribution in [2.45, 2.75) is 0 Å². The highest BCUT2D eigenvalue weighted by molar-refractivity contribution is 6.09. The maximum absolute atomic E-state index is 6.03. The lowest BCUT2D eigenvalue weighted by atomic mass is 10.1. The first kappa shape index (κ1) is 14.9. The van der Waals surface area contributed by atoms with E-state index < -0.39 is 0 Å². The molecule has 4 heteroatoms. The maximum atomic E-state index is 6.03. The molecule has 0 aliphatic heterocycles. The van der Waals surface area contributed by atoms with Crippen LogP contribution in [0.5, 0.6) is 0 Å². The van der Waals surface area contributed by atoms with Crippen molar-refractivity contribution in [2.24, 2.45) is 0 Å². The van der Waals surface area contributed by atoms with Crippen LogP contribution in [0.2, 0.25) is 0 Å². The van der Waals surface area contributed by atoms with Gasteiger partial charge in [0, 0.05) is 28.0 Å². The van der Waals surface area contributed by atoms with Crippen molar-refractivity contribution in [1.29, 1.82) is 0 Å². The average molecular weight is 373 g/mol. The summed E-state index contributed by atoms with van der Waals surface area (Å²) in [5.41, 5.74) is 7.11. The standard InChI is InChI=1S/C25H15N3O/c1-3-9-20-18(8-1)24-25(27-14-6-5-11-23(27)26-24)28(20)16-12-13-22-19(15-16)17-7-2-4-10-21(17)29-22/h1-15H. The van der Waals surface area contributed by atoms with E-state index in [-0.39, 0.29) is 0 Å². The summed E-state index contributed by atoms with van der Waals surface area (Å²) in [6.45, 7) is 0. The Morgan fingerprint density at radius 3 is 2.45 bits per heavy atom. The monoisotopic (exact) mass is 373 g/mol. The summed E-state index contributed by atoms with van der Waals surface area (Å²) in [6.07, 6.45) is 2.08. The molecule has 4 nitrogen and oxygen atoms in total. The molecular formula is C25H15N3O. The van der Waals surface area contributed by atoms with E-state index in [4.69, 9.17) is 9.40 Å². The predicted octanol–water partition coefficient (Wildman–Crippen LogP) is 6.33. The number of nitrogens with zero attached hydrogens (tertiary/aromatic N) is 3. The van der Waals surface area contributed by atoms with Crippen LogP contribution in [-0.4, -0.2) is 14.0 Å². The fourth-order valence-electron chi connectivity index (χ4n) is 4.47. The number of furan rings is 1. The van der Waals surface area contributed by atoms with Gasteiger partial charge in [0.15, 0.2) is 5.65 Å². The molecule has 0 bridgehead atoms. The van der Waals surface area contributed by atoms with E-state index in [2.05, 4.69) is 69.8 Å². The molecule has 4 heterocycles. The summed E-state index contributed by atoms with van der Waals surface area (Å²) < 4.78 is 10.5. The van der Waals surface area contributed by atoms with Gasteiger partial charge >= 0.3 is 0 Å². The van der Waals surface area contributed by atoms with Gasteiger partial charge in [-0.15, -0.1) is 0 Å². The molecule has 4 aromatic heterocycles. The van der Waals surface area contributed by atoms with Crippen LogP contribution < -0.4 is 0 Å². The van der Waals surface area contributed by atoms with Crippen LogP contribution in [0.3, 0.4) is 0 Å². The highest BCUT2D eigenvalue weighted by Crippen LogP contribution is 2.35. The van der Waals surface area contributed by atoms with Crippen LogP contribution in [0.25, 0.3) is 55.3 Å². The van der Waals surface area contributed by atoms with E-state index >= 15 is 0 Å². The number of hydrogen-bond donors (Lipinski definition) is 0. The molecule has 7 aromatic rings. The minimum Gasteiger partial charge on any atom is -0.456 e. The van der Waals surface area contributed by atoms with Gasteiger partial charge in [0.2, 0.25) is 0 Å². The second-order valence-electron chi connectivity index (χ2n) is 7.34. The van der Waals surface area contributed by atoms with E-state index in [1.807, 2.05) is 30.3 Å². The van der Waals surface area contributed by atoms with Crippen LogP contribution >= 0.6 is 0 Å². The Morgan fingerprint density at radius 1 is 0.690 bits per heavy atom. The maximum Gasteiger partial charge on any atom is 0.150 e. The van der Waals surface area contributed by atoms with Crippen molar-refractivity contribution in [3.05, 3.63) is 91.1 Å². The molecule has 0 fully saturated rings. The zero-order valence-electron chi connectivity index (χ0n) is 15.4. The molecule has 0 aliphatic rings. The first-order chi connectivity index (χ1) is 14.4. The van der Waals surface area contributed by atoms with Gasteiger partial charge in [0.25, 0.3) is 0 Å².